The van der Waals surface area contributed by atoms with Crippen molar-refractivity contribution >= 4 is 41.8 Å². The van der Waals surface area contributed by atoms with Crippen molar-refractivity contribution in [3.63, 3.8) is 0 Å². The molecule has 1 aromatic heterocycles. The highest BCUT2D eigenvalue weighted by molar-refractivity contribution is 6.05. The molecule has 2 unspecified atom stereocenters. The predicted molar refractivity (Wildman–Crippen MR) is 92.9 cm³/mol. The average molecular weight is 363 g/mol. The second-order valence-electron chi connectivity index (χ2n) is 5.67. The molecule has 3 N–H and O–H groups in total. The van der Waals surface area contributed by atoms with Crippen molar-refractivity contribution in [2.24, 2.45) is 5.73 Å². The van der Waals surface area contributed by atoms with Crippen LogP contribution in [0.5, 0.6) is 0 Å². The van der Waals surface area contributed by atoms with Crippen LogP contribution in [0.25, 0.3) is 11.0 Å². The number of carbonyl (C=O) groups excluding carboxylic acids is 1. The van der Waals surface area contributed by atoms with E-state index in [0.717, 1.165) is 19.3 Å². The minimum Gasteiger partial charge on any atom is -0.344 e. The highest BCUT2D eigenvalue weighted by Crippen LogP contribution is 2.25. The van der Waals surface area contributed by atoms with E-state index in [1.54, 1.807) is 4.90 Å². The summed E-state index contributed by atoms with van der Waals surface area (Å²) in [6.45, 7) is 2.57. The highest BCUT2D eigenvalue weighted by atomic mass is 35.5. The van der Waals surface area contributed by atoms with Gasteiger partial charge in [-0.05, 0) is 38.3 Å². The van der Waals surface area contributed by atoms with Gasteiger partial charge in [0.25, 0.3) is 5.91 Å². The molecule has 3 rings (SSSR count). The SMILES string of the molecule is CC(N)C1CCCCN1C(=O)c1cc(F)cc2[nH]cnc12.Cl.Cl. The molecule has 1 aliphatic heterocycles. The van der Waals surface area contributed by atoms with E-state index in [2.05, 4.69) is 9.97 Å². The Morgan fingerprint density at radius 1 is 1.43 bits per heavy atom. The maximum Gasteiger partial charge on any atom is 0.256 e. The molecule has 0 spiro atoms. The van der Waals surface area contributed by atoms with Gasteiger partial charge in [0.2, 0.25) is 0 Å². The fourth-order valence-corrected chi connectivity index (χ4v) is 3.09. The number of likely N-dealkylation sites (tertiary alicyclic amines) is 1. The number of rotatable bonds is 2. The fourth-order valence-electron chi connectivity index (χ4n) is 3.09. The monoisotopic (exact) mass is 362 g/mol. The lowest BCUT2D eigenvalue weighted by Crippen LogP contribution is -2.51. The Balaban J connectivity index is 0.00000132. The molecule has 0 radical (unpaired) electrons. The van der Waals surface area contributed by atoms with Crippen LogP contribution in [0.15, 0.2) is 18.5 Å². The molecule has 23 heavy (non-hydrogen) atoms. The lowest BCUT2D eigenvalue weighted by Gasteiger charge is -2.38. The smallest absolute Gasteiger partial charge is 0.256 e. The number of nitrogens with two attached hydrogens (primary N) is 1. The van der Waals surface area contributed by atoms with Crippen LogP contribution in [0, 0.1) is 5.82 Å². The van der Waals surface area contributed by atoms with Crippen LogP contribution >= 0.6 is 24.8 Å². The van der Waals surface area contributed by atoms with Gasteiger partial charge < -0.3 is 15.6 Å². The quantitative estimate of drug-likeness (QED) is 0.862. The van der Waals surface area contributed by atoms with E-state index in [0.29, 0.717) is 23.1 Å². The van der Waals surface area contributed by atoms with Gasteiger partial charge in [-0.3, -0.25) is 4.79 Å². The maximum absolute atomic E-state index is 13.7. The molecule has 2 aromatic rings. The van der Waals surface area contributed by atoms with Crippen molar-refractivity contribution in [1.82, 2.24) is 14.9 Å². The lowest BCUT2D eigenvalue weighted by atomic mass is 9.96. The average Bonchev–Trinajstić information content (AvgIpc) is 2.93. The standard InChI is InChI=1S/C15H19FN4O.2ClH/c1-9(17)13-4-2-3-5-20(13)15(21)11-6-10(16)7-12-14(11)19-8-18-12;;/h6-9,13H,2-5,17H2,1H3,(H,18,19);2*1H. The largest absolute Gasteiger partial charge is 0.344 e. The maximum atomic E-state index is 13.7. The number of nitrogens with one attached hydrogen (secondary N) is 1. The zero-order valence-corrected chi connectivity index (χ0v) is 14.4. The van der Waals surface area contributed by atoms with Crippen LogP contribution in [-0.4, -0.2) is 39.4 Å². The number of aromatic nitrogens is 2. The molecule has 1 saturated heterocycles. The zero-order chi connectivity index (χ0) is 15.0. The van der Waals surface area contributed by atoms with E-state index in [9.17, 15) is 9.18 Å². The van der Waals surface area contributed by atoms with Crippen LogP contribution < -0.4 is 5.73 Å². The normalized spacial score (nSPS) is 18.9. The number of imidazole rings is 1. The molecule has 128 valence electrons. The van der Waals surface area contributed by atoms with Crippen molar-refractivity contribution in [2.45, 2.75) is 38.3 Å². The number of carbonyl (C=O) groups is 1. The minimum absolute atomic E-state index is 0. The predicted octanol–water partition coefficient (Wildman–Crippen LogP) is 2.89. The van der Waals surface area contributed by atoms with E-state index in [1.807, 2.05) is 6.92 Å². The number of aromatic amines is 1. The van der Waals surface area contributed by atoms with Gasteiger partial charge >= 0.3 is 0 Å². The molecule has 2 heterocycles. The summed E-state index contributed by atoms with van der Waals surface area (Å²) in [5.74, 6) is -0.627. The number of hydrogen-bond acceptors (Lipinski definition) is 3. The Bertz CT molecular complexity index is 677. The van der Waals surface area contributed by atoms with Crippen molar-refractivity contribution in [3.05, 3.63) is 29.8 Å². The van der Waals surface area contributed by atoms with Crippen LogP contribution in [0.1, 0.15) is 36.5 Å². The molecule has 8 heteroatoms. The molecule has 1 aromatic carbocycles. The van der Waals surface area contributed by atoms with E-state index >= 15 is 0 Å². The molecular weight excluding hydrogens is 342 g/mol. The first-order valence-corrected chi connectivity index (χ1v) is 7.27. The van der Waals surface area contributed by atoms with Crippen LogP contribution in [0.2, 0.25) is 0 Å². The first kappa shape index (κ1) is 19.7. The minimum atomic E-state index is -0.440. The van der Waals surface area contributed by atoms with E-state index in [4.69, 9.17) is 5.73 Å². The van der Waals surface area contributed by atoms with Gasteiger partial charge in [-0.1, -0.05) is 0 Å². The van der Waals surface area contributed by atoms with Gasteiger partial charge in [-0.2, -0.15) is 0 Å². The molecule has 0 aliphatic carbocycles. The second-order valence-corrected chi connectivity index (χ2v) is 5.67. The first-order valence-electron chi connectivity index (χ1n) is 7.27. The fraction of sp³-hybridized carbons (Fsp3) is 0.467. The molecule has 2 atom stereocenters. The van der Waals surface area contributed by atoms with Gasteiger partial charge in [0.15, 0.2) is 0 Å². The summed E-state index contributed by atoms with van der Waals surface area (Å²) in [6.07, 6.45) is 4.38. The summed E-state index contributed by atoms with van der Waals surface area (Å²) < 4.78 is 13.7. The van der Waals surface area contributed by atoms with E-state index in [-0.39, 0.29) is 42.8 Å². The summed E-state index contributed by atoms with van der Waals surface area (Å²) in [6, 6.07) is 2.51. The summed E-state index contributed by atoms with van der Waals surface area (Å²) in [7, 11) is 0. The van der Waals surface area contributed by atoms with Crippen molar-refractivity contribution in [1.29, 1.82) is 0 Å². The molecule has 0 bridgehead atoms. The zero-order valence-electron chi connectivity index (χ0n) is 12.8. The Hall–Kier alpha value is -1.37. The van der Waals surface area contributed by atoms with Crippen LogP contribution in [0.4, 0.5) is 4.39 Å². The van der Waals surface area contributed by atoms with E-state index in [1.165, 1.54) is 18.5 Å². The topological polar surface area (TPSA) is 75.0 Å². The molecule has 1 aliphatic rings. The van der Waals surface area contributed by atoms with Crippen LogP contribution in [0.3, 0.4) is 0 Å². The van der Waals surface area contributed by atoms with Gasteiger partial charge in [-0.15, -0.1) is 24.8 Å². The van der Waals surface area contributed by atoms with Gasteiger partial charge in [0.05, 0.1) is 17.4 Å². The summed E-state index contributed by atoms with van der Waals surface area (Å²) >= 11 is 0. The lowest BCUT2D eigenvalue weighted by molar-refractivity contribution is 0.0585. The van der Waals surface area contributed by atoms with Crippen molar-refractivity contribution in [3.8, 4) is 0 Å². The number of piperidine rings is 1. The van der Waals surface area contributed by atoms with Gasteiger partial charge in [0, 0.05) is 18.6 Å². The Kier molecular flexibility index (Phi) is 6.80. The molecular formula is C15H21Cl2FN4O. The van der Waals surface area contributed by atoms with E-state index < -0.39 is 5.82 Å². The number of amides is 1. The van der Waals surface area contributed by atoms with Crippen molar-refractivity contribution < 1.29 is 9.18 Å². The number of hydrogen-bond donors (Lipinski definition) is 2. The third kappa shape index (κ3) is 3.76. The third-order valence-corrected chi connectivity index (χ3v) is 4.14. The van der Waals surface area contributed by atoms with Crippen molar-refractivity contribution in [2.75, 3.05) is 6.54 Å². The summed E-state index contributed by atoms with van der Waals surface area (Å²) in [5, 5.41) is 0. The number of H-pyrrole nitrogens is 1. The second kappa shape index (κ2) is 7.95. The number of halogens is 3. The van der Waals surface area contributed by atoms with Gasteiger partial charge in [0.1, 0.15) is 11.3 Å². The molecule has 0 saturated carbocycles. The molecule has 1 fully saturated rings. The van der Waals surface area contributed by atoms with Gasteiger partial charge in [-0.25, -0.2) is 9.37 Å². The Morgan fingerprint density at radius 3 is 2.87 bits per heavy atom. The first-order chi connectivity index (χ1) is 10.1. The van der Waals surface area contributed by atoms with Crippen LogP contribution in [-0.2, 0) is 0 Å². The number of nitrogens with zero attached hydrogens (tertiary/aromatic N) is 2. The summed E-state index contributed by atoms with van der Waals surface area (Å²) in [4.78, 5) is 21.6. The Labute approximate surface area is 146 Å². The molecule has 5 nitrogen and oxygen atoms in total. The number of fused-ring (bicyclic) bond motifs is 1. The number of benzene rings is 1. The highest BCUT2D eigenvalue weighted by Gasteiger charge is 2.31. The molecule has 1 amide bonds. The summed E-state index contributed by atoms with van der Waals surface area (Å²) in [5.41, 5.74) is 7.36. The third-order valence-electron chi connectivity index (χ3n) is 4.14. The Morgan fingerprint density at radius 2 is 2.17 bits per heavy atom.